The van der Waals surface area contributed by atoms with E-state index in [1.165, 1.54) is 13.2 Å². The topological polar surface area (TPSA) is 79.0 Å². The number of carbonyl (C=O) groups is 1. The second-order valence-corrected chi connectivity index (χ2v) is 8.06. The van der Waals surface area contributed by atoms with Crippen molar-refractivity contribution >= 4 is 33.9 Å². The van der Waals surface area contributed by atoms with Gasteiger partial charge in [0.1, 0.15) is 0 Å². The Bertz CT molecular complexity index is 1500. The predicted molar refractivity (Wildman–Crippen MR) is 137 cm³/mol. The molecule has 1 amide bonds. The molecule has 2 heterocycles. The summed E-state index contributed by atoms with van der Waals surface area (Å²) in [5, 5.41) is 7.32. The van der Waals surface area contributed by atoms with Crippen LogP contribution in [-0.2, 0) is 11.2 Å². The summed E-state index contributed by atoms with van der Waals surface area (Å²) in [6, 6.07) is 21.9. The average molecular weight is 467 g/mol. The molecule has 0 atom stereocenters. The van der Waals surface area contributed by atoms with Crippen molar-refractivity contribution in [3.63, 3.8) is 0 Å². The van der Waals surface area contributed by atoms with Crippen LogP contribution in [0.25, 0.3) is 22.0 Å². The fourth-order valence-corrected chi connectivity index (χ4v) is 4.05. The van der Waals surface area contributed by atoms with Crippen LogP contribution in [0.1, 0.15) is 5.56 Å². The summed E-state index contributed by atoms with van der Waals surface area (Å²) in [6.07, 6.45) is 5.48. The molecule has 0 aliphatic heterocycles. The number of amides is 1. The number of methoxy groups -OCH3 is 1. The van der Waals surface area contributed by atoms with Crippen molar-refractivity contribution in [3.05, 3.63) is 103 Å². The zero-order valence-electron chi connectivity index (χ0n) is 19.0. The largest absolute Gasteiger partial charge is 0.494 e. The highest BCUT2D eigenvalue weighted by Gasteiger charge is 2.13. The van der Waals surface area contributed by atoms with Crippen molar-refractivity contribution in [1.29, 1.82) is 0 Å². The van der Waals surface area contributed by atoms with Gasteiger partial charge in [-0.1, -0.05) is 24.3 Å². The van der Waals surface area contributed by atoms with E-state index in [0.717, 1.165) is 33.4 Å². The molecule has 5 rings (SSSR count). The number of H-pyrrole nitrogens is 1. The molecule has 0 aliphatic carbocycles. The number of fused-ring (bicyclic) bond motifs is 1. The van der Waals surface area contributed by atoms with Crippen molar-refractivity contribution in [2.45, 2.75) is 6.42 Å². The molecule has 0 unspecified atom stereocenters. The van der Waals surface area contributed by atoms with Gasteiger partial charge >= 0.3 is 0 Å². The molecule has 0 radical (unpaired) electrons. The van der Waals surface area contributed by atoms with Crippen molar-refractivity contribution in [1.82, 2.24) is 9.97 Å². The molecule has 0 saturated heterocycles. The van der Waals surface area contributed by atoms with Gasteiger partial charge < -0.3 is 20.4 Å². The molecule has 2 aromatic heterocycles. The monoisotopic (exact) mass is 466 g/mol. The van der Waals surface area contributed by atoms with E-state index in [2.05, 4.69) is 20.6 Å². The summed E-state index contributed by atoms with van der Waals surface area (Å²) < 4.78 is 19.6. The Morgan fingerprint density at radius 1 is 1.03 bits per heavy atom. The van der Waals surface area contributed by atoms with Gasteiger partial charge in [-0.15, -0.1) is 0 Å². The fraction of sp³-hybridized carbons (Fsp3) is 0.0714. The minimum Gasteiger partial charge on any atom is -0.494 e. The molecule has 3 aromatic carbocycles. The first-order chi connectivity index (χ1) is 17.1. The maximum atomic E-state index is 14.5. The van der Waals surface area contributed by atoms with Crippen LogP contribution >= 0.6 is 0 Å². The number of pyridine rings is 1. The van der Waals surface area contributed by atoms with Crippen LogP contribution in [0.4, 0.5) is 21.5 Å². The lowest BCUT2D eigenvalue weighted by molar-refractivity contribution is -0.115. The predicted octanol–water partition coefficient (Wildman–Crippen LogP) is 6.30. The molecular weight excluding hydrogens is 443 g/mol. The Kier molecular flexibility index (Phi) is 6.13. The maximum Gasteiger partial charge on any atom is 0.228 e. The van der Waals surface area contributed by atoms with Gasteiger partial charge in [0.25, 0.3) is 0 Å². The number of hydrogen-bond donors (Lipinski definition) is 3. The summed E-state index contributed by atoms with van der Waals surface area (Å²) in [7, 11) is 1.43. The lowest BCUT2D eigenvalue weighted by Crippen LogP contribution is -2.14. The van der Waals surface area contributed by atoms with Crippen LogP contribution < -0.4 is 15.4 Å². The van der Waals surface area contributed by atoms with Gasteiger partial charge in [-0.25, -0.2) is 4.39 Å². The molecule has 35 heavy (non-hydrogen) atoms. The second-order valence-electron chi connectivity index (χ2n) is 8.06. The Morgan fingerprint density at radius 3 is 2.71 bits per heavy atom. The van der Waals surface area contributed by atoms with E-state index in [1.807, 2.05) is 60.8 Å². The first-order valence-corrected chi connectivity index (χ1v) is 11.1. The Balaban J connectivity index is 1.44. The highest BCUT2D eigenvalue weighted by Crippen LogP contribution is 2.35. The van der Waals surface area contributed by atoms with Crippen molar-refractivity contribution in [2.75, 3.05) is 17.7 Å². The number of rotatable bonds is 7. The molecule has 6 nitrogen and oxygen atoms in total. The van der Waals surface area contributed by atoms with Gasteiger partial charge in [0.2, 0.25) is 5.91 Å². The van der Waals surface area contributed by atoms with Crippen molar-refractivity contribution < 1.29 is 13.9 Å². The summed E-state index contributed by atoms with van der Waals surface area (Å²) in [6.45, 7) is 0. The van der Waals surface area contributed by atoms with E-state index < -0.39 is 5.82 Å². The maximum absolute atomic E-state index is 14.5. The van der Waals surface area contributed by atoms with Crippen LogP contribution in [-0.4, -0.2) is 23.0 Å². The second kappa shape index (κ2) is 9.69. The third-order valence-electron chi connectivity index (χ3n) is 5.73. The normalized spacial score (nSPS) is 10.8. The smallest absolute Gasteiger partial charge is 0.228 e. The molecule has 0 spiro atoms. The highest BCUT2D eigenvalue weighted by atomic mass is 19.1. The lowest BCUT2D eigenvalue weighted by atomic mass is 10.0. The van der Waals surface area contributed by atoms with Crippen LogP contribution in [0.2, 0.25) is 0 Å². The number of halogens is 1. The van der Waals surface area contributed by atoms with Gasteiger partial charge in [0, 0.05) is 40.2 Å². The van der Waals surface area contributed by atoms with Gasteiger partial charge in [-0.05, 0) is 59.7 Å². The van der Waals surface area contributed by atoms with Crippen molar-refractivity contribution in [2.24, 2.45) is 0 Å². The molecule has 5 aromatic rings. The van der Waals surface area contributed by atoms with Gasteiger partial charge in [0.15, 0.2) is 11.6 Å². The quantitative estimate of drug-likeness (QED) is 0.263. The number of hydrogen-bond acceptors (Lipinski definition) is 4. The van der Waals surface area contributed by atoms with Gasteiger partial charge in [0.05, 0.1) is 25.4 Å². The Morgan fingerprint density at radius 2 is 1.91 bits per heavy atom. The first-order valence-electron chi connectivity index (χ1n) is 11.1. The third-order valence-corrected chi connectivity index (χ3v) is 5.73. The number of aromatic amines is 1. The number of carbonyl (C=O) groups excluding carboxylic acids is 1. The Hall–Kier alpha value is -4.65. The van der Waals surface area contributed by atoms with E-state index in [0.29, 0.717) is 11.3 Å². The summed E-state index contributed by atoms with van der Waals surface area (Å²) >= 11 is 0. The zero-order valence-corrected chi connectivity index (χ0v) is 19.0. The number of para-hydroxylation sites is 1. The number of nitrogens with zero attached hydrogens (tertiary/aromatic N) is 1. The van der Waals surface area contributed by atoms with Crippen LogP contribution in [0.5, 0.6) is 5.75 Å². The molecule has 0 fully saturated rings. The lowest BCUT2D eigenvalue weighted by Gasteiger charge is -2.15. The highest BCUT2D eigenvalue weighted by molar-refractivity contribution is 5.97. The van der Waals surface area contributed by atoms with Crippen LogP contribution in [0.15, 0.2) is 91.4 Å². The van der Waals surface area contributed by atoms with E-state index in [4.69, 9.17) is 4.74 Å². The number of anilines is 3. The van der Waals surface area contributed by atoms with E-state index >= 15 is 0 Å². The standard InChI is InChI=1S/C28H23FN4O2/c1-35-27-11-8-18(13-24(27)29)23-15-20(9-10-26(23)32-21-5-4-12-30-17-21)33-28(34)14-19-16-31-25-7-3-2-6-22(19)25/h2-13,15-17,31-32H,14H2,1H3,(H,33,34). The first kappa shape index (κ1) is 22.2. The molecule has 174 valence electrons. The minimum absolute atomic E-state index is 0.144. The molecule has 0 saturated carbocycles. The van der Waals surface area contributed by atoms with Gasteiger partial charge in [-0.2, -0.15) is 0 Å². The van der Waals surface area contributed by atoms with Gasteiger partial charge in [-0.3, -0.25) is 9.78 Å². The van der Waals surface area contributed by atoms with Crippen LogP contribution in [0, 0.1) is 5.82 Å². The summed E-state index contributed by atoms with van der Waals surface area (Å²) in [5.74, 6) is -0.445. The fourth-order valence-electron chi connectivity index (χ4n) is 4.05. The Labute approximate surface area is 201 Å². The molecular formula is C28H23FN4O2. The van der Waals surface area contributed by atoms with E-state index in [-0.39, 0.29) is 18.1 Å². The van der Waals surface area contributed by atoms with Crippen LogP contribution in [0.3, 0.4) is 0 Å². The van der Waals surface area contributed by atoms with E-state index in [9.17, 15) is 9.18 Å². The summed E-state index contributed by atoms with van der Waals surface area (Å²) in [5.41, 5.74) is 5.42. The molecule has 0 bridgehead atoms. The number of ether oxygens (including phenoxy) is 1. The number of benzene rings is 3. The SMILES string of the molecule is COc1ccc(-c2cc(NC(=O)Cc3c[nH]c4ccccc34)ccc2Nc2cccnc2)cc1F. The zero-order chi connectivity index (χ0) is 24.2. The molecule has 7 heteroatoms. The summed E-state index contributed by atoms with van der Waals surface area (Å²) in [4.78, 5) is 20.2. The number of aromatic nitrogens is 2. The minimum atomic E-state index is -0.467. The molecule has 3 N–H and O–H groups in total. The number of nitrogens with one attached hydrogen (secondary N) is 3. The van der Waals surface area contributed by atoms with Crippen molar-refractivity contribution in [3.8, 4) is 16.9 Å². The van der Waals surface area contributed by atoms with E-state index in [1.54, 1.807) is 24.5 Å². The molecule has 0 aliphatic rings. The third kappa shape index (κ3) is 4.84. The average Bonchev–Trinajstić information content (AvgIpc) is 3.28.